The summed E-state index contributed by atoms with van der Waals surface area (Å²) in [5.41, 5.74) is 4.89. The molecule has 0 bridgehead atoms. The Bertz CT molecular complexity index is 563. The fourth-order valence-electron chi connectivity index (χ4n) is 2.24. The summed E-state index contributed by atoms with van der Waals surface area (Å²) in [7, 11) is 1.91. The molecule has 4 heteroatoms. The van der Waals surface area contributed by atoms with Crippen molar-refractivity contribution in [3.05, 3.63) is 34.9 Å². The maximum atomic E-state index is 10.9. The number of aryl methyl sites for hydroxylation is 3. The van der Waals surface area contributed by atoms with Gasteiger partial charge in [0.1, 0.15) is 0 Å². The van der Waals surface area contributed by atoms with E-state index in [1.165, 1.54) is 0 Å². The van der Waals surface area contributed by atoms with E-state index < -0.39 is 0 Å². The molecule has 2 aromatic heterocycles. The number of aldehydes is 1. The molecule has 0 saturated heterocycles. The lowest BCUT2D eigenvalue weighted by Gasteiger charge is -2.08. The van der Waals surface area contributed by atoms with Crippen molar-refractivity contribution in [3.8, 4) is 5.69 Å². The summed E-state index contributed by atoms with van der Waals surface area (Å²) < 4.78 is 3.91. The van der Waals surface area contributed by atoms with E-state index >= 15 is 0 Å². The average molecular weight is 231 g/mol. The van der Waals surface area contributed by atoms with Gasteiger partial charge >= 0.3 is 0 Å². The van der Waals surface area contributed by atoms with Crippen LogP contribution < -0.4 is 0 Å². The zero-order chi connectivity index (χ0) is 12.6. The Morgan fingerprint density at radius 2 is 2.12 bits per heavy atom. The van der Waals surface area contributed by atoms with E-state index in [1.807, 2.05) is 37.8 Å². The predicted octanol–water partition coefficient (Wildman–Crippen LogP) is 2.20. The van der Waals surface area contributed by atoms with Gasteiger partial charge in [-0.2, -0.15) is 5.10 Å². The molecule has 0 aliphatic heterocycles. The van der Waals surface area contributed by atoms with Gasteiger partial charge in [0.25, 0.3) is 0 Å². The topological polar surface area (TPSA) is 39.8 Å². The Labute approximate surface area is 101 Å². The van der Waals surface area contributed by atoms with Gasteiger partial charge in [-0.25, -0.2) is 0 Å². The SMILES string of the molecule is CCc1nn(C)cc1-n1c(C)cc(C=O)c1C. The number of nitrogens with zero attached hydrogens (tertiary/aromatic N) is 3. The van der Waals surface area contributed by atoms with Crippen LogP contribution in [0.15, 0.2) is 12.3 Å². The molecule has 0 fully saturated rings. The van der Waals surface area contributed by atoms with Crippen LogP contribution in [0.1, 0.15) is 34.4 Å². The van der Waals surface area contributed by atoms with Gasteiger partial charge < -0.3 is 4.57 Å². The van der Waals surface area contributed by atoms with Gasteiger partial charge in [-0.1, -0.05) is 6.92 Å². The van der Waals surface area contributed by atoms with Crippen LogP contribution in [0.4, 0.5) is 0 Å². The number of carbonyl (C=O) groups is 1. The summed E-state index contributed by atoms with van der Waals surface area (Å²) in [6, 6.07) is 1.91. The van der Waals surface area contributed by atoms with Gasteiger partial charge in [0.2, 0.25) is 0 Å². The lowest BCUT2D eigenvalue weighted by atomic mass is 10.2. The summed E-state index contributed by atoms with van der Waals surface area (Å²) in [5, 5.41) is 4.43. The first-order chi connectivity index (χ1) is 8.08. The van der Waals surface area contributed by atoms with E-state index in [1.54, 1.807) is 0 Å². The summed E-state index contributed by atoms with van der Waals surface area (Å²) in [6.45, 7) is 6.05. The van der Waals surface area contributed by atoms with Gasteiger partial charge in [-0.05, 0) is 26.3 Å². The van der Waals surface area contributed by atoms with Crippen molar-refractivity contribution in [3.63, 3.8) is 0 Å². The molecule has 0 radical (unpaired) electrons. The van der Waals surface area contributed by atoms with E-state index in [0.29, 0.717) is 0 Å². The highest BCUT2D eigenvalue weighted by Gasteiger charge is 2.14. The summed E-state index contributed by atoms with van der Waals surface area (Å²) in [4.78, 5) is 10.9. The van der Waals surface area contributed by atoms with E-state index in [-0.39, 0.29) is 0 Å². The monoisotopic (exact) mass is 231 g/mol. The van der Waals surface area contributed by atoms with Gasteiger partial charge in [0.15, 0.2) is 6.29 Å². The van der Waals surface area contributed by atoms with Crippen molar-refractivity contribution in [1.29, 1.82) is 0 Å². The molecule has 0 aliphatic carbocycles. The third kappa shape index (κ3) is 1.79. The first-order valence-electron chi connectivity index (χ1n) is 5.75. The molecule has 0 N–H and O–H groups in total. The van der Waals surface area contributed by atoms with Gasteiger partial charge in [-0.15, -0.1) is 0 Å². The summed E-state index contributed by atoms with van der Waals surface area (Å²) in [5.74, 6) is 0. The third-order valence-corrected chi connectivity index (χ3v) is 3.06. The van der Waals surface area contributed by atoms with Crippen LogP contribution in [-0.2, 0) is 13.5 Å². The number of carbonyl (C=O) groups excluding carboxylic acids is 1. The standard InChI is InChI=1S/C13H17N3O/c1-5-12-13(7-15(4)14-12)16-9(2)6-11(8-17)10(16)3/h6-8H,5H2,1-4H3. The quantitative estimate of drug-likeness (QED) is 0.760. The molecule has 2 rings (SSSR count). The van der Waals surface area contributed by atoms with Crippen LogP contribution in [-0.4, -0.2) is 20.6 Å². The Morgan fingerprint density at radius 1 is 1.41 bits per heavy atom. The molecule has 17 heavy (non-hydrogen) atoms. The Hall–Kier alpha value is -1.84. The Kier molecular flexibility index (Phi) is 2.88. The first kappa shape index (κ1) is 11.6. The van der Waals surface area contributed by atoms with Crippen molar-refractivity contribution in [1.82, 2.24) is 14.3 Å². The molecular weight excluding hydrogens is 214 g/mol. The minimum Gasteiger partial charge on any atom is -0.315 e. The van der Waals surface area contributed by atoms with Crippen LogP contribution >= 0.6 is 0 Å². The van der Waals surface area contributed by atoms with Crippen LogP contribution in [0.25, 0.3) is 5.69 Å². The molecule has 2 aromatic rings. The van der Waals surface area contributed by atoms with Crippen molar-refractivity contribution in [2.24, 2.45) is 7.05 Å². The highest BCUT2D eigenvalue weighted by Crippen LogP contribution is 2.22. The lowest BCUT2D eigenvalue weighted by Crippen LogP contribution is -2.01. The summed E-state index contributed by atoms with van der Waals surface area (Å²) >= 11 is 0. The maximum Gasteiger partial charge on any atom is 0.151 e. The second-order valence-corrected chi connectivity index (χ2v) is 4.27. The van der Waals surface area contributed by atoms with Crippen LogP contribution in [0, 0.1) is 13.8 Å². The smallest absolute Gasteiger partial charge is 0.151 e. The molecule has 4 nitrogen and oxygen atoms in total. The van der Waals surface area contributed by atoms with E-state index in [0.717, 1.165) is 41.0 Å². The molecule has 90 valence electrons. The second-order valence-electron chi connectivity index (χ2n) is 4.27. The zero-order valence-electron chi connectivity index (χ0n) is 10.7. The predicted molar refractivity (Wildman–Crippen MR) is 66.8 cm³/mol. The van der Waals surface area contributed by atoms with Crippen molar-refractivity contribution < 1.29 is 4.79 Å². The van der Waals surface area contributed by atoms with Crippen molar-refractivity contribution in [2.45, 2.75) is 27.2 Å². The molecule has 2 heterocycles. The van der Waals surface area contributed by atoms with Crippen LogP contribution in [0.5, 0.6) is 0 Å². The molecule has 0 aromatic carbocycles. The van der Waals surface area contributed by atoms with Gasteiger partial charge in [-0.3, -0.25) is 9.48 Å². The van der Waals surface area contributed by atoms with E-state index in [2.05, 4.69) is 16.6 Å². The number of hydrogen-bond donors (Lipinski definition) is 0. The first-order valence-corrected chi connectivity index (χ1v) is 5.75. The minimum atomic E-state index is 0.744. The largest absolute Gasteiger partial charge is 0.315 e. The Balaban J connectivity index is 2.67. The Morgan fingerprint density at radius 3 is 2.65 bits per heavy atom. The second kappa shape index (κ2) is 4.20. The fraction of sp³-hybridized carbons (Fsp3) is 0.385. The highest BCUT2D eigenvalue weighted by atomic mass is 16.1. The molecule has 0 atom stereocenters. The molecule has 0 aliphatic rings. The van der Waals surface area contributed by atoms with Crippen molar-refractivity contribution >= 4 is 6.29 Å². The average Bonchev–Trinajstić information content (AvgIpc) is 2.79. The minimum absolute atomic E-state index is 0.744. The van der Waals surface area contributed by atoms with Crippen LogP contribution in [0.2, 0.25) is 0 Å². The maximum absolute atomic E-state index is 10.9. The molecule has 0 spiro atoms. The van der Waals surface area contributed by atoms with E-state index in [4.69, 9.17) is 0 Å². The number of rotatable bonds is 3. The fourth-order valence-corrected chi connectivity index (χ4v) is 2.24. The van der Waals surface area contributed by atoms with Gasteiger partial charge in [0, 0.05) is 30.2 Å². The molecule has 0 saturated carbocycles. The van der Waals surface area contributed by atoms with Crippen LogP contribution in [0.3, 0.4) is 0 Å². The van der Waals surface area contributed by atoms with Gasteiger partial charge in [0.05, 0.1) is 11.4 Å². The summed E-state index contributed by atoms with van der Waals surface area (Å²) in [6.07, 6.45) is 3.78. The zero-order valence-corrected chi connectivity index (χ0v) is 10.7. The number of hydrogen-bond acceptors (Lipinski definition) is 2. The molecule has 0 unspecified atom stereocenters. The third-order valence-electron chi connectivity index (χ3n) is 3.06. The van der Waals surface area contributed by atoms with E-state index in [9.17, 15) is 4.79 Å². The van der Waals surface area contributed by atoms with Crippen molar-refractivity contribution in [2.75, 3.05) is 0 Å². The number of aromatic nitrogens is 3. The molecule has 0 amide bonds. The molecular formula is C13H17N3O. The normalized spacial score (nSPS) is 10.8. The highest BCUT2D eigenvalue weighted by molar-refractivity contribution is 5.77. The lowest BCUT2D eigenvalue weighted by molar-refractivity contribution is 0.112.